The van der Waals surface area contributed by atoms with Gasteiger partial charge in [0.05, 0.1) is 0 Å². The van der Waals surface area contributed by atoms with Gasteiger partial charge in [-0.15, -0.1) is 0 Å². The number of pyridine rings is 1. The van der Waals surface area contributed by atoms with Crippen molar-refractivity contribution in [2.75, 3.05) is 5.73 Å². The van der Waals surface area contributed by atoms with Crippen LogP contribution in [0.25, 0.3) is 10.8 Å². The molecule has 76 valence electrons. The second kappa shape index (κ2) is 3.51. The largest absolute Gasteiger partial charge is 0.398 e. The molecule has 0 atom stereocenters. The van der Waals surface area contributed by atoms with Crippen molar-refractivity contribution in [1.29, 1.82) is 0 Å². The quantitative estimate of drug-likeness (QED) is 0.770. The number of amides is 1. The smallest absolute Gasteiger partial charge is 0.268 e. The van der Waals surface area contributed by atoms with Crippen LogP contribution in [-0.4, -0.2) is 10.9 Å². The number of nitrogens with zero attached hydrogens (tertiary/aromatic N) is 1. The van der Waals surface area contributed by atoms with Crippen molar-refractivity contribution in [2.45, 2.75) is 0 Å². The molecular weight excluding hydrogens is 258 g/mol. The topological polar surface area (TPSA) is 82.0 Å². The third-order valence-electron chi connectivity index (χ3n) is 2.13. The molecule has 0 saturated heterocycles. The van der Waals surface area contributed by atoms with Gasteiger partial charge in [-0.3, -0.25) is 4.79 Å². The highest BCUT2D eigenvalue weighted by Crippen LogP contribution is 2.29. The number of benzene rings is 1. The van der Waals surface area contributed by atoms with Crippen LogP contribution in [0.3, 0.4) is 0 Å². The zero-order valence-electron chi connectivity index (χ0n) is 7.70. The first-order valence-corrected chi connectivity index (χ1v) is 5.03. The minimum Gasteiger partial charge on any atom is -0.398 e. The minimum absolute atomic E-state index is 0.200. The maximum atomic E-state index is 11.2. The SMILES string of the molecule is NC(=O)c1ncc(Br)c2cccc(N)c12. The van der Waals surface area contributed by atoms with E-state index in [1.54, 1.807) is 12.3 Å². The van der Waals surface area contributed by atoms with Crippen LogP contribution in [0.2, 0.25) is 0 Å². The summed E-state index contributed by atoms with van der Waals surface area (Å²) in [5.41, 5.74) is 11.7. The summed E-state index contributed by atoms with van der Waals surface area (Å²) in [5, 5.41) is 1.43. The zero-order chi connectivity index (χ0) is 11.0. The molecule has 2 aromatic rings. The van der Waals surface area contributed by atoms with Crippen LogP contribution in [0, 0.1) is 0 Å². The molecule has 0 unspecified atom stereocenters. The van der Waals surface area contributed by atoms with Crippen molar-refractivity contribution < 1.29 is 4.79 Å². The number of primary amides is 1. The van der Waals surface area contributed by atoms with Crippen molar-refractivity contribution in [3.8, 4) is 0 Å². The number of hydrogen-bond acceptors (Lipinski definition) is 3. The molecular formula is C10H8BrN3O. The summed E-state index contributed by atoms with van der Waals surface area (Å²) in [7, 11) is 0. The standard InChI is InChI=1S/C10H8BrN3O/c11-6-4-14-9(10(13)15)8-5(6)2-1-3-7(8)12/h1-4H,12H2,(H2,13,15). The van der Waals surface area contributed by atoms with E-state index in [4.69, 9.17) is 11.5 Å². The van der Waals surface area contributed by atoms with Gasteiger partial charge >= 0.3 is 0 Å². The molecule has 4 nitrogen and oxygen atoms in total. The van der Waals surface area contributed by atoms with E-state index in [0.717, 1.165) is 9.86 Å². The van der Waals surface area contributed by atoms with Crippen LogP contribution in [0.5, 0.6) is 0 Å². The third kappa shape index (κ3) is 1.55. The Morgan fingerprint density at radius 2 is 2.13 bits per heavy atom. The summed E-state index contributed by atoms with van der Waals surface area (Å²) >= 11 is 3.34. The molecule has 1 amide bonds. The Balaban J connectivity index is 2.96. The Morgan fingerprint density at radius 3 is 2.80 bits per heavy atom. The first-order chi connectivity index (χ1) is 7.11. The lowest BCUT2D eigenvalue weighted by Gasteiger charge is -2.06. The monoisotopic (exact) mass is 265 g/mol. The van der Waals surface area contributed by atoms with E-state index >= 15 is 0 Å². The maximum absolute atomic E-state index is 11.2. The number of hydrogen-bond donors (Lipinski definition) is 2. The van der Waals surface area contributed by atoms with Crippen LogP contribution < -0.4 is 11.5 Å². The molecule has 2 rings (SSSR count). The van der Waals surface area contributed by atoms with E-state index in [0.29, 0.717) is 11.1 Å². The van der Waals surface area contributed by atoms with Crippen molar-refractivity contribution in [3.63, 3.8) is 0 Å². The van der Waals surface area contributed by atoms with E-state index in [-0.39, 0.29) is 5.69 Å². The van der Waals surface area contributed by atoms with Crippen molar-refractivity contribution in [3.05, 3.63) is 34.6 Å². The number of carbonyl (C=O) groups is 1. The van der Waals surface area contributed by atoms with E-state index in [1.807, 2.05) is 12.1 Å². The molecule has 4 N–H and O–H groups in total. The van der Waals surface area contributed by atoms with Crippen LogP contribution in [-0.2, 0) is 0 Å². The van der Waals surface area contributed by atoms with Crippen LogP contribution in [0.4, 0.5) is 5.69 Å². The molecule has 1 aromatic heterocycles. The molecule has 1 aromatic carbocycles. The second-order valence-corrected chi connectivity index (χ2v) is 3.94. The van der Waals surface area contributed by atoms with E-state index < -0.39 is 5.91 Å². The number of rotatable bonds is 1. The fraction of sp³-hybridized carbons (Fsp3) is 0. The van der Waals surface area contributed by atoms with Gasteiger partial charge in [0, 0.05) is 27.1 Å². The van der Waals surface area contributed by atoms with Gasteiger partial charge in [0.1, 0.15) is 5.69 Å². The van der Waals surface area contributed by atoms with Crippen molar-refractivity contribution in [2.24, 2.45) is 5.73 Å². The predicted octanol–water partition coefficient (Wildman–Crippen LogP) is 1.68. The highest BCUT2D eigenvalue weighted by atomic mass is 79.9. The normalized spacial score (nSPS) is 10.5. The van der Waals surface area contributed by atoms with Gasteiger partial charge in [-0.05, 0) is 22.0 Å². The van der Waals surface area contributed by atoms with Gasteiger partial charge < -0.3 is 11.5 Å². The average molecular weight is 266 g/mol. The number of carbonyl (C=O) groups excluding carboxylic acids is 1. The second-order valence-electron chi connectivity index (χ2n) is 3.09. The number of anilines is 1. The lowest BCUT2D eigenvalue weighted by Crippen LogP contribution is -2.14. The molecule has 0 saturated carbocycles. The molecule has 15 heavy (non-hydrogen) atoms. The molecule has 0 spiro atoms. The van der Waals surface area contributed by atoms with Crippen LogP contribution in [0.1, 0.15) is 10.5 Å². The van der Waals surface area contributed by atoms with Gasteiger partial charge in [0.2, 0.25) is 0 Å². The number of halogens is 1. The first-order valence-electron chi connectivity index (χ1n) is 4.23. The Morgan fingerprint density at radius 1 is 1.40 bits per heavy atom. The van der Waals surface area contributed by atoms with E-state index in [9.17, 15) is 4.79 Å². The lowest BCUT2D eigenvalue weighted by atomic mass is 10.1. The zero-order valence-corrected chi connectivity index (χ0v) is 9.28. The Labute approximate surface area is 94.4 Å². The summed E-state index contributed by atoms with van der Waals surface area (Å²) in [6.07, 6.45) is 1.54. The Kier molecular flexibility index (Phi) is 2.32. The number of fused-ring (bicyclic) bond motifs is 1. The highest BCUT2D eigenvalue weighted by molar-refractivity contribution is 9.10. The van der Waals surface area contributed by atoms with E-state index in [1.165, 1.54) is 0 Å². The molecule has 0 aliphatic rings. The number of nitrogen functional groups attached to an aromatic ring is 1. The van der Waals surface area contributed by atoms with Gasteiger partial charge in [0.25, 0.3) is 5.91 Å². The van der Waals surface area contributed by atoms with Crippen LogP contribution in [0.15, 0.2) is 28.9 Å². The average Bonchev–Trinajstić information content (AvgIpc) is 2.19. The molecule has 0 fully saturated rings. The summed E-state index contributed by atoms with van der Waals surface area (Å²) in [6, 6.07) is 5.37. The number of aromatic nitrogens is 1. The summed E-state index contributed by atoms with van der Waals surface area (Å²) in [4.78, 5) is 15.1. The molecule has 0 bridgehead atoms. The fourth-order valence-corrected chi connectivity index (χ4v) is 1.91. The number of nitrogens with two attached hydrogens (primary N) is 2. The van der Waals surface area contributed by atoms with Crippen LogP contribution >= 0.6 is 15.9 Å². The van der Waals surface area contributed by atoms with Gasteiger partial charge in [0.15, 0.2) is 0 Å². The lowest BCUT2D eigenvalue weighted by molar-refractivity contribution is 0.0997. The summed E-state index contributed by atoms with van der Waals surface area (Å²) < 4.78 is 0.787. The molecule has 5 heteroatoms. The first kappa shape index (κ1) is 9.92. The minimum atomic E-state index is -0.578. The van der Waals surface area contributed by atoms with Gasteiger partial charge in [-0.1, -0.05) is 12.1 Å². The molecule has 0 aliphatic heterocycles. The third-order valence-corrected chi connectivity index (χ3v) is 2.76. The molecule has 0 radical (unpaired) electrons. The highest BCUT2D eigenvalue weighted by Gasteiger charge is 2.12. The Bertz CT molecular complexity index is 554. The molecule has 1 heterocycles. The fourth-order valence-electron chi connectivity index (χ4n) is 1.48. The van der Waals surface area contributed by atoms with Gasteiger partial charge in [-0.25, -0.2) is 4.98 Å². The van der Waals surface area contributed by atoms with Crippen molar-refractivity contribution in [1.82, 2.24) is 4.98 Å². The van der Waals surface area contributed by atoms with Gasteiger partial charge in [-0.2, -0.15) is 0 Å². The summed E-state index contributed by atoms with van der Waals surface area (Å²) in [6.45, 7) is 0. The molecule has 0 aliphatic carbocycles. The van der Waals surface area contributed by atoms with E-state index in [2.05, 4.69) is 20.9 Å². The van der Waals surface area contributed by atoms with Crippen molar-refractivity contribution >= 4 is 38.3 Å². The Hall–Kier alpha value is -1.62. The summed E-state index contributed by atoms with van der Waals surface area (Å²) in [5.74, 6) is -0.578. The maximum Gasteiger partial charge on any atom is 0.268 e. The predicted molar refractivity (Wildman–Crippen MR) is 62.4 cm³/mol.